The van der Waals surface area contributed by atoms with Crippen LogP contribution in [-0.4, -0.2) is 16.1 Å². The van der Waals surface area contributed by atoms with Gasteiger partial charge in [0.2, 0.25) is 5.91 Å². The lowest BCUT2D eigenvalue weighted by molar-refractivity contribution is -0.137. The second-order valence-corrected chi connectivity index (χ2v) is 10.0. The Morgan fingerprint density at radius 2 is 1.73 bits per heavy atom. The minimum Gasteiger partial charge on any atom is -0.326 e. The quantitative estimate of drug-likeness (QED) is 0.253. The van der Waals surface area contributed by atoms with Gasteiger partial charge in [-0.3, -0.25) is 9.59 Å². The number of nitrogens with zero attached hydrogens (tertiary/aromatic N) is 1. The molecule has 0 aromatic heterocycles. The molecule has 190 valence electrons. The van der Waals surface area contributed by atoms with E-state index in [2.05, 4.69) is 10.6 Å². The number of hydrogen-bond donors (Lipinski definition) is 2. The number of nitriles is 1. The Bertz CT molecular complexity index is 1450. The summed E-state index contributed by atoms with van der Waals surface area (Å²) in [6.45, 7) is 0. The van der Waals surface area contributed by atoms with Crippen LogP contribution in [-0.2, 0) is 11.0 Å². The predicted molar refractivity (Wildman–Crippen MR) is 131 cm³/mol. The maximum atomic E-state index is 13.4. The topological polar surface area (TPSA) is 82.0 Å². The number of carbonyl (C=O) groups is 2. The summed E-state index contributed by atoms with van der Waals surface area (Å²) in [5, 5.41) is 14.2. The molecule has 1 saturated carbocycles. The van der Waals surface area contributed by atoms with Gasteiger partial charge in [-0.1, -0.05) is 29.8 Å². The second-order valence-electron chi connectivity index (χ2n) is 8.19. The van der Waals surface area contributed by atoms with E-state index in [9.17, 15) is 27.2 Å². The van der Waals surface area contributed by atoms with E-state index < -0.39 is 45.5 Å². The molecule has 1 fully saturated rings. The van der Waals surface area contributed by atoms with Crippen LogP contribution in [0.3, 0.4) is 0 Å². The van der Waals surface area contributed by atoms with Gasteiger partial charge in [0.25, 0.3) is 5.91 Å². The number of anilines is 2. The second kappa shape index (κ2) is 9.86. The van der Waals surface area contributed by atoms with Gasteiger partial charge < -0.3 is 10.6 Å². The van der Waals surface area contributed by atoms with Crippen LogP contribution >= 0.6 is 34.8 Å². The molecule has 0 unspecified atom stereocenters. The molecule has 2 atom stereocenters. The minimum absolute atomic E-state index is 0.0217. The predicted octanol–water partition coefficient (Wildman–Crippen LogP) is 7.15. The van der Waals surface area contributed by atoms with Crippen LogP contribution in [0.15, 0.2) is 60.7 Å². The van der Waals surface area contributed by atoms with Gasteiger partial charge in [0, 0.05) is 11.6 Å². The summed E-state index contributed by atoms with van der Waals surface area (Å²) in [6.07, 6.45) is -4.58. The molecule has 1 aliphatic rings. The fourth-order valence-corrected chi connectivity index (χ4v) is 4.91. The van der Waals surface area contributed by atoms with Crippen LogP contribution in [0.4, 0.5) is 28.9 Å². The zero-order chi connectivity index (χ0) is 27.1. The van der Waals surface area contributed by atoms with E-state index in [-0.39, 0.29) is 33.1 Å². The molecule has 1 aliphatic carbocycles. The molecule has 4 rings (SSSR count). The molecule has 2 amide bonds. The van der Waals surface area contributed by atoms with E-state index in [1.54, 1.807) is 6.07 Å². The Kier molecular flexibility index (Phi) is 7.12. The molecule has 2 N–H and O–H groups in total. The highest BCUT2D eigenvalue weighted by molar-refractivity contribution is 6.53. The van der Waals surface area contributed by atoms with Crippen molar-refractivity contribution in [2.24, 2.45) is 5.92 Å². The largest absolute Gasteiger partial charge is 0.416 e. The van der Waals surface area contributed by atoms with E-state index in [4.69, 9.17) is 40.1 Å². The van der Waals surface area contributed by atoms with Crippen molar-refractivity contribution in [3.8, 4) is 6.07 Å². The number of alkyl halides is 5. The van der Waals surface area contributed by atoms with Crippen molar-refractivity contribution < 1.29 is 27.2 Å². The van der Waals surface area contributed by atoms with Crippen molar-refractivity contribution >= 4 is 58.0 Å². The van der Waals surface area contributed by atoms with Gasteiger partial charge in [-0.15, -0.1) is 23.2 Å². The van der Waals surface area contributed by atoms with E-state index in [1.807, 2.05) is 0 Å². The van der Waals surface area contributed by atoms with E-state index in [0.29, 0.717) is 0 Å². The first-order valence-corrected chi connectivity index (χ1v) is 11.6. The third-order valence-corrected chi connectivity index (χ3v) is 7.01. The Morgan fingerprint density at radius 1 is 1.00 bits per heavy atom. The first-order chi connectivity index (χ1) is 17.3. The number of halogens is 7. The van der Waals surface area contributed by atoms with Crippen molar-refractivity contribution in [1.29, 1.82) is 5.26 Å². The normalized spacial score (nSPS) is 18.0. The molecular formula is C25H14Cl3F4N3O2. The minimum atomic E-state index is -4.58. The number of amides is 2. The van der Waals surface area contributed by atoms with Crippen LogP contribution in [0.25, 0.3) is 0 Å². The third kappa shape index (κ3) is 5.52. The zero-order valence-electron chi connectivity index (χ0n) is 18.3. The van der Waals surface area contributed by atoms with Crippen molar-refractivity contribution in [1.82, 2.24) is 0 Å². The number of rotatable bonds is 5. The fourth-order valence-electron chi connectivity index (χ4n) is 3.88. The van der Waals surface area contributed by atoms with Crippen molar-refractivity contribution in [2.45, 2.75) is 16.4 Å². The summed E-state index contributed by atoms with van der Waals surface area (Å²) in [5.74, 6) is -4.02. The van der Waals surface area contributed by atoms with Crippen LogP contribution in [0.5, 0.6) is 0 Å². The van der Waals surface area contributed by atoms with Gasteiger partial charge in [-0.2, -0.15) is 18.4 Å². The number of carbonyl (C=O) groups excluding carboxylic acids is 2. The van der Waals surface area contributed by atoms with Gasteiger partial charge in [-0.05, 0) is 48.0 Å². The van der Waals surface area contributed by atoms with Gasteiger partial charge in [0.05, 0.1) is 33.3 Å². The Balaban J connectivity index is 1.52. The SMILES string of the molecule is N#Cc1cc(F)ccc1NC(=O)c1cc(NC(=O)[C@H]2[C@H](c3cccc(C(F)(F)F)c3)C2(Cl)Cl)ccc1Cl. The summed E-state index contributed by atoms with van der Waals surface area (Å²) in [4.78, 5) is 25.7. The first kappa shape index (κ1) is 26.7. The highest BCUT2D eigenvalue weighted by atomic mass is 35.5. The summed E-state index contributed by atoms with van der Waals surface area (Å²) in [7, 11) is 0. The molecule has 37 heavy (non-hydrogen) atoms. The summed E-state index contributed by atoms with van der Waals surface area (Å²) in [5.41, 5.74) is -0.726. The molecule has 0 heterocycles. The maximum absolute atomic E-state index is 13.4. The number of benzene rings is 3. The standard InChI is InChI=1S/C25H14Cl3F4N3O2/c26-18-6-5-16(10-17(18)22(36)35-19-7-4-15(29)9-13(19)11-33)34-23(37)21-20(24(21,27)28)12-2-1-3-14(8-12)25(30,31)32/h1-10,20-21H,(H,34,37)(H,35,36)/t20-,21+/m0/s1. The smallest absolute Gasteiger partial charge is 0.326 e. The average Bonchev–Trinajstić information content (AvgIpc) is 3.42. The summed E-state index contributed by atoms with van der Waals surface area (Å²) < 4.78 is 51.0. The van der Waals surface area contributed by atoms with Crippen molar-refractivity contribution in [3.63, 3.8) is 0 Å². The lowest BCUT2D eigenvalue weighted by Gasteiger charge is -2.11. The van der Waals surface area contributed by atoms with E-state index in [0.717, 1.165) is 24.3 Å². The van der Waals surface area contributed by atoms with Gasteiger partial charge in [-0.25, -0.2) is 4.39 Å². The molecule has 0 aliphatic heterocycles. The lowest BCUT2D eigenvalue weighted by atomic mass is 10.1. The third-order valence-electron chi connectivity index (χ3n) is 5.74. The first-order valence-electron chi connectivity index (χ1n) is 10.5. The Morgan fingerprint density at radius 3 is 2.41 bits per heavy atom. The van der Waals surface area contributed by atoms with Crippen LogP contribution in [0, 0.1) is 23.1 Å². The Labute approximate surface area is 222 Å². The van der Waals surface area contributed by atoms with Gasteiger partial charge >= 0.3 is 6.18 Å². The van der Waals surface area contributed by atoms with Gasteiger partial charge in [0.15, 0.2) is 0 Å². The van der Waals surface area contributed by atoms with E-state index in [1.165, 1.54) is 36.4 Å². The molecule has 0 spiro atoms. The molecule has 12 heteroatoms. The molecule has 5 nitrogen and oxygen atoms in total. The average molecular weight is 571 g/mol. The summed E-state index contributed by atoms with van der Waals surface area (Å²) in [6, 6.07) is 13.4. The molecule has 0 bridgehead atoms. The van der Waals surface area contributed by atoms with Crippen molar-refractivity contribution in [2.75, 3.05) is 10.6 Å². The summed E-state index contributed by atoms with van der Waals surface area (Å²) >= 11 is 18.7. The molecular weight excluding hydrogens is 557 g/mol. The maximum Gasteiger partial charge on any atom is 0.416 e. The number of hydrogen-bond acceptors (Lipinski definition) is 3. The van der Waals surface area contributed by atoms with Crippen LogP contribution in [0.1, 0.15) is 33.0 Å². The van der Waals surface area contributed by atoms with Crippen molar-refractivity contribution in [3.05, 3.63) is 93.8 Å². The molecule has 3 aromatic carbocycles. The van der Waals surface area contributed by atoms with Crippen LogP contribution in [0.2, 0.25) is 5.02 Å². The molecule has 3 aromatic rings. The molecule has 0 radical (unpaired) electrons. The fraction of sp³-hybridized carbons (Fsp3) is 0.160. The Hall–Kier alpha value is -3.32. The van der Waals surface area contributed by atoms with Crippen LogP contribution < -0.4 is 10.6 Å². The highest BCUT2D eigenvalue weighted by Crippen LogP contribution is 2.65. The lowest BCUT2D eigenvalue weighted by Crippen LogP contribution is -2.18. The van der Waals surface area contributed by atoms with Gasteiger partial charge in [0.1, 0.15) is 16.2 Å². The van der Waals surface area contributed by atoms with E-state index >= 15 is 0 Å². The number of nitrogens with one attached hydrogen (secondary N) is 2. The highest BCUT2D eigenvalue weighted by Gasteiger charge is 2.67. The molecule has 0 saturated heterocycles. The zero-order valence-corrected chi connectivity index (χ0v) is 20.6. The monoisotopic (exact) mass is 569 g/mol.